The van der Waals surface area contributed by atoms with Crippen LogP contribution in [0.4, 0.5) is 0 Å². The van der Waals surface area contributed by atoms with Gasteiger partial charge in [0.15, 0.2) is 6.61 Å². The number of carbonyl (C=O) groups excluding carboxylic acids is 2. The van der Waals surface area contributed by atoms with Crippen molar-refractivity contribution in [2.75, 3.05) is 6.61 Å². The molecule has 1 N–H and O–H groups in total. The van der Waals surface area contributed by atoms with Crippen LogP contribution in [0.2, 0.25) is 0 Å². The predicted octanol–water partition coefficient (Wildman–Crippen LogP) is 3.85. The number of carbonyl (C=O) groups is 2. The predicted molar refractivity (Wildman–Crippen MR) is 114 cm³/mol. The number of rotatable bonds is 8. The molecule has 0 radical (unpaired) electrons. The van der Waals surface area contributed by atoms with E-state index < -0.39 is 6.04 Å². The van der Waals surface area contributed by atoms with Gasteiger partial charge in [0.1, 0.15) is 11.8 Å². The third kappa shape index (κ3) is 6.08. The van der Waals surface area contributed by atoms with Crippen LogP contribution in [0.3, 0.4) is 0 Å². The van der Waals surface area contributed by atoms with Gasteiger partial charge in [-0.15, -0.1) is 0 Å². The number of para-hydroxylation sites is 1. The minimum Gasteiger partial charge on any atom is -0.484 e. The Labute approximate surface area is 173 Å². The van der Waals surface area contributed by atoms with Crippen LogP contribution in [0, 0.1) is 6.92 Å². The first-order chi connectivity index (χ1) is 14.0. The standard InChI is InChI=1S/C24H30N2O3/c1-18-12-14-20(15-13-18)16-26(19(2)24(28)25-21-8-6-7-9-21)23(27)17-29-22-10-4-3-5-11-22/h3-5,10-15,19,21H,6-9,16-17H2,1-2H3,(H,25,28)/t19-/m1/s1. The highest BCUT2D eigenvalue weighted by molar-refractivity contribution is 5.88. The lowest BCUT2D eigenvalue weighted by Gasteiger charge is -2.29. The molecule has 1 aliphatic carbocycles. The van der Waals surface area contributed by atoms with E-state index in [1.807, 2.05) is 61.5 Å². The lowest BCUT2D eigenvalue weighted by molar-refractivity contribution is -0.142. The molecule has 29 heavy (non-hydrogen) atoms. The van der Waals surface area contributed by atoms with Gasteiger partial charge in [-0.1, -0.05) is 60.9 Å². The largest absolute Gasteiger partial charge is 0.484 e. The number of amides is 2. The van der Waals surface area contributed by atoms with E-state index in [0.29, 0.717) is 12.3 Å². The highest BCUT2D eigenvalue weighted by Crippen LogP contribution is 2.19. The number of aryl methyl sites for hydroxylation is 1. The van der Waals surface area contributed by atoms with Crippen molar-refractivity contribution in [1.29, 1.82) is 0 Å². The summed E-state index contributed by atoms with van der Waals surface area (Å²) in [6.07, 6.45) is 4.33. The molecule has 1 fully saturated rings. The molecule has 154 valence electrons. The number of nitrogens with one attached hydrogen (secondary N) is 1. The van der Waals surface area contributed by atoms with Crippen molar-refractivity contribution in [1.82, 2.24) is 10.2 Å². The molecule has 2 amide bonds. The monoisotopic (exact) mass is 394 g/mol. The number of benzene rings is 2. The lowest BCUT2D eigenvalue weighted by atomic mass is 10.1. The van der Waals surface area contributed by atoms with E-state index in [9.17, 15) is 9.59 Å². The van der Waals surface area contributed by atoms with Crippen LogP contribution in [0.15, 0.2) is 54.6 Å². The summed E-state index contributed by atoms with van der Waals surface area (Å²) in [6, 6.07) is 16.9. The maximum absolute atomic E-state index is 13.0. The Hall–Kier alpha value is -2.82. The fourth-order valence-corrected chi connectivity index (χ4v) is 3.61. The molecule has 0 heterocycles. The number of nitrogens with zero attached hydrogens (tertiary/aromatic N) is 1. The van der Waals surface area contributed by atoms with E-state index in [4.69, 9.17) is 4.74 Å². The first kappa shape index (κ1) is 20.9. The Balaban J connectivity index is 1.69. The van der Waals surface area contributed by atoms with E-state index in [-0.39, 0.29) is 24.5 Å². The van der Waals surface area contributed by atoms with Gasteiger partial charge < -0.3 is 15.0 Å². The number of hydrogen-bond acceptors (Lipinski definition) is 3. The van der Waals surface area contributed by atoms with Crippen LogP contribution in [0.25, 0.3) is 0 Å². The van der Waals surface area contributed by atoms with Gasteiger partial charge in [-0.2, -0.15) is 0 Å². The summed E-state index contributed by atoms with van der Waals surface area (Å²) in [4.78, 5) is 27.4. The van der Waals surface area contributed by atoms with Crippen molar-refractivity contribution in [3.8, 4) is 5.75 Å². The Morgan fingerprint density at radius 1 is 1.07 bits per heavy atom. The van der Waals surface area contributed by atoms with Crippen LogP contribution in [-0.2, 0) is 16.1 Å². The van der Waals surface area contributed by atoms with Crippen LogP contribution >= 0.6 is 0 Å². The van der Waals surface area contributed by atoms with Gasteiger partial charge in [0.05, 0.1) is 0 Å². The Morgan fingerprint density at radius 3 is 2.38 bits per heavy atom. The minimum atomic E-state index is -0.566. The van der Waals surface area contributed by atoms with Crippen molar-refractivity contribution in [2.45, 2.75) is 58.2 Å². The van der Waals surface area contributed by atoms with Crippen molar-refractivity contribution in [3.63, 3.8) is 0 Å². The Kier molecular flexibility index (Phi) is 7.28. The minimum absolute atomic E-state index is 0.0999. The second-order valence-corrected chi connectivity index (χ2v) is 7.77. The SMILES string of the molecule is Cc1ccc(CN(C(=O)COc2ccccc2)[C@H](C)C(=O)NC2CCCC2)cc1. The van der Waals surface area contributed by atoms with Gasteiger partial charge in [-0.05, 0) is 44.4 Å². The summed E-state index contributed by atoms with van der Waals surface area (Å²) in [5.74, 6) is 0.333. The van der Waals surface area contributed by atoms with Crippen LogP contribution in [-0.4, -0.2) is 35.4 Å². The summed E-state index contributed by atoms with van der Waals surface area (Å²) >= 11 is 0. The normalized spacial score (nSPS) is 15.0. The quantitative estimate of drug-likeness (QED) is 0.740. The fraction of sp³-hybridized carbons (Fsp3) is 0.417. The Bertz CT molecular complexity index is 799. The van der Waals surface area contributed by atoms with E-state index in [2.05, 4.69) is 5.32 Å². The maximum Gasteiger partial charge on any atom is 0.261 e. The second-order valence-electron chi connectivity index (χ2n) is 7.77. The van der Waals surface area contributed by atoms with Crippen molar-refractivity contribution >= 4 is 11.8 Å². The molecule has 2 aromatic rings. The summed E-state index contributed by atoms with van der Waals surface area (Å²) < 4.78 is 5.65. The van der Waals surface area contributed by atoms with Gasteiger partial charge in [0.25, 0.3) is 5.91 Å². The molecule has 0 spiro atoms. The van der Waals surface area contributed by atoms with Crippen molar-refractivity contribution in [3.05, 3.63) is 65.7 Å². The fourth-order valence-electron chi connectivity index (χ4n) is 3.61. The van der Waals surface area contributed by atoms with Gasteiger partial charge in [0, 0.05) is 12.6 Å². The zero-order valence-electron chi connectivity index (χ0n) is 17.3. The third-order valence-corrected chi connectivity index (χ3v) is 5.45. The van der Waals surface area contributed by atoms with Gasteiger partial charge in [0.2, 0.25) is 5.91 Å². The summed E-state index contributed by atoms with van der Waals surface area (Å²) in [5.41, 5.74) is 2.15. The van der Waals surface area contributed by atoms with Crippen LogP contribution < -0.4 is 10.1 Å². The molecule has 1 aliphatic rings. The highest BCUT2D eigenvalue weighted by Gasteiger charge is 2.28. The molecule has 5 nitrogen and oxygen atoms in total. The van der Waals surface area contributed by atoms with Crippen molar-refractivity contribution in [2.24, 2.45) is 0 Å². The van der Waals surface area contributed by atoms with Gasteiger partial charge in [-0.25, -0.2) is 0 Å². The number of hydrogen-bond donors (Lipinski definition) is 1. The third-order valence-electron chi connectivity index (χ3n) is 5.45. The van der Waals surface area contributed by atoms with E-state index in [1.54, 1.807) is 11.8 Å². The molecule has 0 bridgehead atoms. The van der Waals surface area contributed by atoms with Gasteiger partial charge >= 0.3 is 0 Å². The molecular formula is C24H30N2O3. The molecule has 0 aliphatic heterocycles. The summed E-state index contributed by atoms with van der Waals surface area (Å²) in [7, 11) is 0. The van der Waals surface area contributed by atoms with Gasteiger partial charge in [-0.3, -0.25) is 9.59 Å². The first-order valence-electron chi connectivity index (χ1n) is 10.4. The zero-order chi connectivity index (χ0) is 20.6. The highest BCUT2D eigenvalue weighted by atomic mass is 16.5. The summed E-state index contributed by atoms with van der Waals surface area (Å²) in [6.45, 7) is 4.09. The second kappa shape index (κ2) is 10.1. The molecular weight excluding hydrogens is 364 g/mol. The molecule has 2 aromatic carbocycles. The zero-order valence-corrected chi connectivity index (χ0v) is 17.3. The maximum atomic E-state index is 13.0. The average Bonchev–Trinajstić information content (AvgIpc) is 3.25. The summed E-state index contributed by atoms with van der Waals surface area (Å²) in [5, 5.41) is 3.11. The smallest absolute Gasteiger partial charge is 0.261 e. The molecule has 5 heteroatoms. The van der Waals surface area contributed by atoms with Crippen molar-refractivity contribution < 1.29 is 14.3 Å². The molecule has 3 rings (SSSR count). The molecule has 0 unspecified atom stereocenters. The average molecular weight is 395 g/mol. The molecule has 0 saturated heterocycles. The molecule has 1 saturated carbocycles. The lowest BCUT2D eigenvalue weighted by Crippen LogP contribution is -2.50. The molecule has 1 atom stereocenters. The first-order valence-corrected chi connectivity index (χ1v) is 10.4. The number of ether oxygens (including phenoxy) is 1. The van der Waals surface area contributed by atoms with Crippen LogP contribution in [0.1, 0.15) is 43.7 Å². The van der Waals surface area contributed by atoms with E-state index in [1.165, 1.54) is 0 Å². The molecule has 0 aromatic heterocycles. The Morgan fingerprint density at radius 2 is 1.72 bits per heavy atom. The topological polar surface area (TPSA) is 58.6 Å². The van der Waals surface area contributed by atoms with E-state index >= 15 is 0 Å². The van der Waals surface area contributed by atoms with E-state index in [0.717, 1.165) is 36.8 Å². The van der Waals surface area contributed by atoms with Crippen LogP contribution in [0.5, 0.6) is 5.75 Å².